The van der Waals surface area contributed by atoms with Crippen LogP contribution >= 0.6 is 0 Å². The van der Waals surface area contributed by atoms with E-state index in [-0.39, 0.29) is 0 Å². The van der Waals surface area contributed by atoms with Gasteiger partial charge in [0.15, 0.2) is 5.82 Å². The second-order valence-corrected chi connectivity index (χ2v) is 4.59. The lowest BCUT2D eigenvalue weighted by molar-refractivity contribution is 1.13. The predicted molar refractivity (Wildman–Crippen MR) is 86.6 cm³/mol. The van der Waals surface area contributed by atoms with Crippen LogP contribution in [0.3, 0.4) is 0 Å². The zero-order valence-electron chi connectivity index (χ0n) is 11.8. The standard InChI is InChI=1S/C16H14N6/c1-11(21-13-5-3-2-4-6-13)15-16(17)20-9-14(22-15)12-7-18-10-19-8-12/h2-10,21H,1H2,(H2,17,20). The first-order chi connectivity index (χ1) is 10.7. The summed E-state index contributed by atoms with van der Waals surface area (Å²) in [5.41, 5.74) is 9.31. The maximum atomic E-state index is 5.92. The Morgan fingerprint density at radius 2 is 1.77 bits per heavy atom. The molecular weight excluding hydrogens is 276 g/mol. The predicted octanol–water partition coefficient (Wildman–Crippen LogP) is 2.60. The van der Waals surface area contributed by atoms with E-state index in [1.807, 2.05) is 30.3 Å². The first-order valence-corrected chi connectivity index (χ1v) is 6.63. The molecule has 6 heteroatoms. The molecule has 0 bridgehead atoms. The smallest absolute Gasteiger partial charge is 0.151 e. The summed E-state index contributed by atoms with van der Waals surface area (Å²) in [7, 11) is 0. The SMILES string of the molecule is C=C(Nc1ccccc1)c1nc(-c2cncnc2)cnc1N. The van der Waals surface area contributed by atoms with Gasteiger partial charge in [-0.1, -0.05) is 24.8 Å². The van der Waals surface area contributed by atoms with Crippen molar-refractivity contribution in [2.75, 3.05) is 11.1 Å². The lowest BCUT2D eigenvalue weighted by Gasteiger charge is -2.11. The van der Waals surface area contributed by atoms with Gasteiger partial charge in [0.05, 0.1) is 17.6 Å². The van der Waals surface area contributed by atoms with E-state index in [2.05, 4.69) is 31.8 Å². The minimum absolute atomic E-state index is 0.314. The van der Waals surface area contributed by atoms with Crippen LogP contribution in [0.15, 0.2) is 61.8 Å². The van der Waals surface area contributed by atoms with Crippen LogP contribution in [0.5, 0.6) is 0 Å². The molecule has 0 saturated carbocycles. The summed E-state index contributed by atoms with van der Waals surface area (Å²) in [5, 5.41) is 3.17. The van der Waals surface area contributed by atoms with Crippen molar-refractivity contribution in [3.63, 3.8) is 0 Å². The Bertz CT molecular complexity index is 786. The van der Waals surface area contributed by atoms with E-state index in [1.165, 1.54) is 6.33 Å². The minimum atomic E-state index is 0.314. The second-order valence-electron chi connectivity index (χ2n) is 4.59. The van der Waals surface area contributed by atoms with Crippen molar-refractivity contribution in [2.24, 2.45) is 0 Å². The van der Waals surface area contributed by atoms with E-state index in [9.17, 15) is 0 Å². The van der Waals surface area contributed by atoms with E-state index < -0.39 is 0 Å². The molecule has 3 N–H and O–H groups in total. The van der Waals surface area contributed by atoms with E-state index in [4.69, 9.17) is 5.73 Å². The number of benzene rings is 1. The molecule has 0 unspecified atom stereocenters. The summed E-state index contributed by atoms with van der Waals surface area (Å²) in [6.07, 6.45) is 6.40. The first kappa shape index (κ1) is 13.7. The van der Waals surface area contributed by atoms with Crippen LogP contribution in [-0.2, 0) is 0 Å². The number of anilines is 2. The number of hydrogen-bond acceptors (Lipinski definition) is 6. The average molecular weight is 290 g/mol. The van der Waals surface area contributed by atoms with Crippen molar-refractivity contribution in [3.8, 4) is 11.3 Å². The zero-order valence-corrected chi connectivity index (χ0v) is 11.8. The molecule has 2 aromatic heterocycles. The number of nitrogen functional groups attached to an aromatic ring is 1. The highest BCUT2D eigenvalue weighted by Gasteiger charge is 2.10. The van der Waals surface area contributed by atoms with E-state index in [0.29, 0.717) is 22.9 Å². The molecule has 108 valence electrons. The van der Waals surface area contributed by atoms with Crippen LogP contribution in [-0.4, -0.2) is 19.9 Å². The highest BCUT2D eigenvalue weighted by molar-refractivity contribution is 5.78. The summed E-state index contributed by atoms with van der Waals surface area (Å²) in [6, 6.07) is 9.68. The van der Waals surface area contributed by atoms with Crippen molar-refractivity contribution in [2.45, 2.75) is 0 Å². The van der Waals surface area contributed by atoms with E-state index >= 15 is 0 Å². The Kier molecular flexibility index (Phi) is 3.74. The lowest BCUT2D eigenvalue weighted by atomic mass is 10.2. The number of nitrogens with zero attached hydrogens (tertiary/aromatic N) is 4. The van der Waals surface area contributed by atoms with Crippen LogP contribution in [0.2, 0.25) is 0 Å². The average Bonchev–Trinajstić information content (AvgIpc) is 2.57. The quantitative estimate of drug-likeness (QED) is 0.767. The van der Waals surface area contributed by atoms with Crippen LogP contribution in [0, 0.1) is 0 Å². The van der Waals surface area contributed by atoms with Crippen molar-refractivity contribution in [1.29, 1.82) is 0 Å². The molecule has 0 fully saturated rings. The molecule has 0 aliphatic rings. The van der Waals surface area contributed by atoms with Gasteiger partial charge in [0.1, 0.15) is 12.0 Å². The highest BCUT2D eigenvalue weighted by Crippen LogP contribution is 2.22. The van der Waals surface area contributed by atoms with Gasteiger partial charge in [0.25, 0.3) is 0 Å². The third-order valence-electron chi connectivity index (χ3n) is 3.01. The third kappa shape index (κ3) is 2.90. The number of nitrogens with two attached hydrogens (primary N) is 1. The number of hydrogen-bond donors (Lipinski definition) is 2. The number of rotatable bonds is 4. The molecule has 0 aliphatic carbocycles. The van der Waals surface area contributed by atoms with Gasteiger partial charge >= 0.3 is 0 Å². The summed E-state index contributed by atoms with van der Waals surface area (Å²) >= 11 is 0. The zero-order chi connectivity index (χ0) is 15.4. The topological polar surface area (TPSA) is 89.6 Å². The van der Waals surface area contributed by atoms with Gasteiger partial charge in [-0.2, -0.15) is 0 Å². The monoisotopic (exact) mass is 290 g/mol. The van der Waals surface area contributed by atoms with Gasteiger partial charge < -0.3 is 11.1 Å². The Hall–Kier alpha value is -3.28. The molecule has 0 spiro atoms. The van der Waals surface area contributed by atoms with Gasteiger partial charge in [0.2, 0.25) is 0 Å². The summed E-state index contributed by atoms with van der Waals surface area (Å²) in [6.45, 7) is 3.99. The van der Waals surface area contributed by atoms with Crippen molar-refractivity contribution in [3.05, 3.63) is 67.5 Å². The number of para-hydroxylation sites is 1. The van der Waals surface area contributed by atoms with E-state index in [1.54, 1.807) is 18.6 Å². The highest BCUT2D eigenvalue weighted by atomic mass is 15.0. The van der Waals surface area contributed by atoms with Crippen molar-refractivity contribution < 1.29 is 0 Å². The Morgan fingerprint density at radius 3 is 2.50 bits per heavy atom. The fourth-order valence-corrected chi connectivity index (χ4v) is 1.95. The minimum Gasteiger partial charge on any atom is -0.382 e. The fourth-order valence-electron chi connectivity index (χ4n) is 1.95. The number of aromatic nitrogens is 4. The Morgan fingerprint density at radius 1 is 1.05 bits per heavy atom. The molecule has 0 radical (unpaired) electrons. The molecule has 6 nitrogen and oxygen atoms in total. The summed E-state index contributed by atoms with van der Waals surface area (Å²) < 4.78 is 0. The second kappa shape index (κ2) is 6.01. The Balaban J connectivity index is 1.91. The largest absolute Gasteiger partial charge is 0.382 e. The van der Waals surface area contributed by atoms with Gasteiger partial charge in [-0.15, -0.1) is 0 Å². The molecular formula is C16H14N6. The lowest BCUT2D eigenvalue weighted by Crippen LogP contribution is -2.06. The Labute approximate surface area is 127 Å². The molecule has 22 heavy (non-hydrogen) atoms. The van der Waals surface area contributed by atoms with Gasteiger partial charge in [0, 0.05) is 23.6 Å². The summed E-state index contributed by atoms with van der Waals surface area (Å²) in [4.78, 5) is 16.6. The third-order valence-corrected chi connectivity index (χ3v) is 3.01. The summed E-state index contributed by atoms with van der Waals surface area (Å²) in [5.74, 6) is 0.314. The van der Waals surface area contributed by atoms with Crippen molar-refractivity contribution in [1.82, 2.24) is 19.9 Å². The molecule has 0 aliphatic heterocycles. The molecule has 0 atom stereocenters. The van der Waals surface area contributed by atoms with Crippen molar-refractivity contribution >= 4 is 17.2 Å². The van der Waals surface area contributed by atoms with Crippen LogP contribution in [0.4, 0.5) is 11.5 Å². The molecule has 0 amide bonds. The number of nitrogens with one attached hydrogen (secondary N) is 1. The molecule has 1 aromatic carbocycles. The van der Waals surface area contributed by atoms with Gasteiger partial charge in [-0.3, -0.25) is 0 Å². The fraction of sp³-hybridized carbons (Fsp3) is 0. The van der Waals surface area contributed by atoms with Crippen LogP contribution < -0.4 is 11.1 Å². The van der Waals surface area contributed by atoms with Crippen LogP contribution in [0.1, 0.15) is 5.69 Å². The van der Waals surface area contributed by atoms with E-state index in [0.717, 1.165) is 11.3 Å². The molecule has 3 aromatic rings. The van der Waals surface area contributed by atoms with Gasteiger partial charge in [-0.05, 0) is 12.1 Å². The normalized spacial score (nSPS) is 10.2. The van der Waals surface area contributed by atoms with Crippen LogP contribution in [0.25, 0.3) is 17.0 Å². The maximum absolute atomic E-state index is 5.92. The maximum Gasteiger partial charge on any atom is 0.151 e. The molecule has 0 saturated heterocycles. The molecule has 3 rings (SSSR count). The van der Waals surface area contributed by atoms with Gasteiger partial charge in [-0.25, -0.2) is 19.9 Å². The first-order valence-electron chi connectivity index (χ1n) is 6.63. The molecule has 2 heterocycles.